The molecule has 0 fully saturated rings. The van der Waals surface area contributed by atoms with Crippen molar-refractivity contribution < 1.29 is 9.47 Å². The zero-order valence-electron chi connectivity index (χ0n) is 10.1. The largest absolute Gasteiger partial charge is 0.382 e. The van der Waals surface area contributed by atoms with E-state index in [1.165, 1.54) is 0 Å². The first-order valence-corrected chi connectivity index (χ1v) is 5.54. The van der Waals surface area contributed by atoms with Gasteiger partial charge >= 0.3 is 0 Å². The first-order chi connectivity index (χ1) is 6.72. The molecule has 0 radical (unpaired) electrons. The van der Waals surface area contributed by atoms with Crippen LogP contribution < -0.4 is 0 Å². The molecule has 0 aliphatic rings. The molecule has 3 nitrogen and oxygen atoms in total. The van der Waals surface area contributed by atoms with E-state index in [9.17, 15) is 0 Å². The van der Waals surface area contributed by atoms with Gasteiger partial charge in [0.05, 0.1) is 0 Å². The van der Waals surface area contributed by atoms with Crippen LogP contribution in [0.5, 0.6) is 0 Å². The molecule has 3 heteroatoms. The zero-order chi connectivity index (χ0) is 10.8. The van der Waals surface area contributed by atoms with Gasteiger partial charge in [-0.1, -0.05) is 0 Å². The second-order valence-electron chi connectivity index (χ2n) is 3.59. The Kier molecular flexibility index (Phi) is 9.35. The Hall–Kier alpha value is -0.120. The summed E-state index contributed by atoms with van der Waals surface area (Å²) in [6.45, 7) is 7.39. The summed E-state index contributed by atoms with van der Waals surface area (Å²) >= 11 is 0. The summed E-state index contributed by atoms with van der Waals surface area (Å²) in [4.78, 5) is 2.25. The lowest BCUT2D eigenvalue weighted by molar-refractivity contribution is 0.0920. The SMILES string of the molecule is CCOCCC(CCOCC)N(C)C. The number of rotatable bonds is 9. The van der Waals surface area contributed by atoms with E-state index in [0.717, 1.165) is 39.3 Å². The molecule has 0 bridgehead atoms. The van der Waals surface area contributed by atoms with Crippen molar-refractivity contribution in [2.24, 2.45) is 0 Å². The molecule has 0 aromatic rings. The summed E-state index contributed by atoms with van der Waals surface area (Å²) in [5.41, 5.74) is 0. The van der Waals surface area contributed by atoms with Crippen LogP contribution in [0.25, 0.3) is 0 Å². The van der Waals surface area contributed by atoms with Crippen LogP contribution in [-0.2, 0) is 9.47 Å². The predicted molar refractivity (Wildman–Crippen MR) is 59.7 cm³/mol. The lowest BCUT2D eigenvalue weighted by atomic mass is 10.1. The molecule has 0 aliphatic carbocycles. The average molecular weight is 203 g/mol. The van der Waals surface area contributed by atoms with Crippen molar-refractivity contribution in [1.82, 2.24) is 4.90 Å². The predicted octanol–water partition coefficient (Wildman–Crippen LogP) is 1.77. The van der Waals surface area contributed by atoms with Crippen molar-refractivity contribution in [1.29, 1.82) is 0 Å². The molecule has 0 aromatic carbocycles. The highest BCUT2D eigenvalue weighted by Crippen LogP contribution is 2.05. The van der Waals surface area contributed by atoms with Crippen molar-refractivity contribution >= 4 is 0 Å². The van der Waals surface area contributed by atoms with Gasteiger partial charge in [-0.15, -0.1) is 0 Å². The third kappa shape index (κ3) is 7.30. The normalized spacial score (nSPS) is 11.6. The summed E-state index contributed by atoms with van der Waals surface area (Å²) < 4.78 is 10.7. The van der Waals surface area contributed by atoms with Crippen LogP contribution >= 0.6 is 0 Å². The Balaban J connectivity index is 3.55. The first-order valence-electron chi connectivity index (χ1n) is 5.54. The highest BCUT2D eigenvalue weighted by Gasteiger charge is 2.10. The monoisotopic (exact) mass is 203 g/mol. The van der Waals surface area contributed by atoms with Gasteiger partial charge in [0.15, 0.2) is 0 Å². The van der Waals surface area contributed by atoms with Gasteiger partial charge in [0, 0.05) is 32.5 Å². The van der Waals surface area contributed by atoms with Gasteiger partial charge in [-0.05, 0) is 40.8 Å². The fourth-order valence-corrected chi connectivity index (χ4v) is 1.39. The first kappa shape index (κ1) is 13.9. The van der Waals surface area contributed by atoms with Crippen LogP contribution in [0.2, 0.25) is 0 Å². The van der Waals surface area contributed by atoms with Crippen LogP contribution in [0.4, 0.5) is 0 Å². The highest BCUT2D eigenvalue weighted by molar-refractivity contribution is 4.65. The van der Waals surface area contributed by atoms with E-state index in [1.54, 1.807) is 0 Å². The second kappa shape index (κ2) is 9.44. The van der Waals surface area contributed by atoms with Crippen LogP contribution in [0.3, 0.4) is 0 Å². The third-order valence-electron chi connectivity index (χ3n) is 2.33. The minimum absolute atomic E-state index is 0.577. The molecule has 0 unspecified atom stereocenters. The molecule has 0 heterocycles. The van der Waals surface area contributed by atoms with Crippen LogP contribution in [-0.4, -0.2) is 51.5 Å². The lowest BCUT2D eigenvalue weighted by Crippen LogP contribution is -2.30. The Morgan fingerprint density at radius 3 is 1.64 bits per heavy atom. The molecule has 0 atom stereocenters. The molecule has 0 saturated heterocycles. The van der Waals surface area contributed by atoms with Gasteiger partial charge in [0.25, 0.3) is 0 Å². The molecule has 0 aliphatic heterocycles. The van der Waals surface area contributed by atoms with Gasteiger partial charge in [-0.25, -0.2) is 0 Å². The van der Waals surface area contributed by atoms with Crippen molar-refractivity contribution in [3.8, 4) is 0 Å². The lowest BCUT2D eigenvalue weighted by Gasteiger charge is -2.24. The topological polar surface area (TPSA) is 21.7 Å². The maximum atomic E-state index is 5.35. The minimum Gasteiger partial charge on any atom is -0.382 e. The highest BCUT2D eigenvalue weighted by atomic mass is 16.5. The Morgan fingerprint density at radius 1 is 0.929 bits per heavy atom. The van der Waals surface area contributed by atoms with Crippen LogP contribution in [0.15, 0.2) is 0 Å². The average Bonchev–Trinajstić information content (AvgIpc) is 2.15. The number of hydrogen-bond donors (Lipinski definition) is 0. The minimum atomic E-state index is 0.577. The molecule has 0 N–H and O–H groups in total. The summed E-state index contributed by atoms with van der Waals surface area (Å²) in [6, 6.07) is 0.577. The standard InChI is InChI=1S/C11H25NO2/c1-5-13-9-7-11(12(3)4)8-10-14-6-2/h11H,5-10H2,1-4H3. The number of ether oxygens (including phenoxy) is 2. The molecule has 0 rings (SSSR count). The summed E-state index contributed by atoms with van der Waals surface area (Å²) in [7, 11) is 4.23. The summed E-state index contributed by atoms with van der Waals surface area (Å²) in [5.74, 6) is 0. The molecule has 0 aromatic heterocycles. The Morgan fingerprint density at radius 2 is 1.36 bits per heavy atom. The maximum absolute atomic E-state index is 5.35. The van der Waals surface area contributed by atoms with Gasteiger partial charge in [-0.3, -0.25) is 0 Å². The molecule has 0 spiro atoms. The number of nitrogens with zero attached hydrogens (tertiary/aromatic N) is 1. The van der Waals surface area contributed by atoms with Gasteiger partial charge < -0.3 is 14.4 Å². The van der Waals surface area contributed by atoms with Crippen molar-refractivity contribution in [2.75, 3.05) is 40.5 Å². The van der Waals surface area contributed by atoms with E-state index < -0.39 is 0 Å². The van der Waals surface area contributed by atoms with Crippen molar-refractivity contribution in [3.05, 3.63) is 0 Å². The smallest absolute Gasteiger partial charge is 0.0480 e. The summed E-state index contributed by atoms with van der Waals surface area (Å²) in [5, 5.41) is 0. The third-order valence-corrected chi connectivity index (χ3v) is 2.33. The van der Waals surface area contributed by atoms with E-state index in [0.29, 0.717) is 6.04 Å². The summed E-state index contributed by atoms with van der Waals surface area (Å²) in [6.07, 6.45) is 2.18. The van der Waals surface area contributed by atoms with Gasteiger partial charge in [0.1, 0.15) is 0 Å². The van der Waals surface area contributed by atoms with E-state index in [-0.39, 0.29) is 0 Å². The second-order valence-corrected chi connectivity index (χ2v) is 3.59. The van der Waals surface area contributed by atoms with Crippen LogP contribution in [0.1, 0.15) is 26.7 Å². The van der Waals surface area contributed by atoms with Crippen LogP contribution in [0, 0.1) is 0 Å². The van der Waals surface area contributed by atoms with Gasteiger partial charge in [-0.2, -0.15) is 0 Å². The quantitative estimate of drug-likeness (QED) is 0.533. The van der Waals surface area contributed by atoms with E-state index in [2.05, 4.69) is 19.0 Å². The van der Waals surface area contributed by atoms with E-state index in [1.807, 2.05) is 13.8 Å². The molecular weight excluding hydrogens is 178 g/mol. The number of hydrogen-bond acceptors (Lipinski definition) is 3. The van der Waals surface area contributed by atoms with E-state index in [4.69, 9.17) is 9.47 Å². The Labute approximate surface area is 88.4 Å². The zero-order valence-corrected chi connectivity index (χ0v) is 10.1. The van der Waals surface area contributed by atoms with E-state index >= 15 is 0 Å². The molecule has 0 amide bonds. The molecule has 0 saturated carbocycles. The van der Waals surface area contributed by atoms with Crippen molar-refractivity contribution in [3.63, 3.8) is 0 Å². The maximum Gasteiger partial charge on any atom is 0.0480 e. The van der Waals surface area contributed by atoms with Gasteiger partial charge in [0.2, 0.25) is 0 Å². The Bertz CT molecular complexity index is 108. The molecular formula is C11H25NO2. The fraction of sp³-hybridized carbons (Fsp3) is 1.00. The molecule has 86 valence electrons. The molecule has 14 heavy (non-hydrogen) atoms. The van der Waals surface area contributed by atoms with Crippen molar-refractivity contribution in [2.45, 2.75) is 32.7 Å². The fourth-order valence-electron chi connectivity index (χ4n) is 1.39.